The van der Waals surface area contributed by atoms with Gasteiger partial charge >= 0.3 is 0 Å². The van der Waals surface area contributed by atoms with Gasteiger partial charge in [-0.2, -0.15) is 0 Å². The minimum Gasteiger partial charge on any atom is -0.306 e. The van der Waals surface area contributed by atoms with Crippen molar-refractivity contribution in [2.75, 3.05) is 0 Å². The highest BCUT2D eigenvalue weighted by Crippen LogP contribution is 2.21. The second kappa shape index (κ2) is 6.61. The number of aromatic nitrogens is 2. The van der Waals surface area contributed by atoms with E-state index in [1.807, 2.05) is 30.6 Å². The second-order valence-corrected chi connectivity index (χ2v) is 5.84. The Balaban J connectivity index is 1.60. The Morgan fingerprint density at radius 3 is 2.76 bits per heavy atom. The zero-order chi connectivity index (χ0) is 14.5. The molecule has 1 aromatic carbocycles. The maximum Gasteiger partial charge on any atom is 0.107 e. The van der Waals surface area contributed by atoms with Gasteiger partial charge in [0.25, 0.3) is 0 Å². The van der Waals surface area contributed by atoms with Crippen molar-refractivity contribution in [3.8, 4) is 11.3 Å². The fourth-order valence-corrected chi connectivity index (χ4v) is 2.91. The summed E-state index contributed by atoms with van der Waals surface area (Å²) < 4.78 is 0. The van der Waals surface area contributed by atoms with Crippen LogP contribution in [0.4, 0.5) is 0 Å². The quantitative estimate of drug-likeness (QED) is 0.778. The molecule has 2 aromatic heterocycles. The monoisotopic (exact) mass is 295 g/mol. The van der Waals surface area contributed by atoms with E-state index < -0.39 is 0 Å². The molecule has 0 bridgehead atoms. The van der Waals surface area contributed by atoms with E-state index in [0.717, 1.165) is 23.8 Å². The van der Waals surface area contributed by atoms with E-state index in [2.05, 4.69) is 45.8 Å². The molecule has 0 radical (unpaired) electrons. The second-order valence-electron chi connectivity index (χ2n) is 4.90. The van der Waals surface area contributed by atoms with E-state index in [-0.39, 0.29) is 0 Å². The Labute approximate surface area is 128 Å². The molecule has 0 aliphatic carbocycles. The minimum atomic E-state index is 0.791. The van der Waals surface area contributed by atoms with E-state index in [0.29, 0.717) is 0 Å². The third-order valence-electron chi connectivity index (χ3n) is 3.35. The van der Waals surface area contributed by atoms with Gasteiger partial charge in [0.05, 0.1) is 5.69 Å². The first-order valence-corrected chi connectivity index (χ1v) is 7.81. The van der Waals surface area contributed by atoms with Gasteiger partial charge in [-0.3, -0.25) is 4.98 Å². The number of benzene rings is 1. The van der Waals surface area contributed by atoms with Gasteiger partial charge in [0, 0.05) is 36.4 Å². The molecule has 0 aliphatic rings. The molecule has 3 aromatic rings. The molecule has 106 valence electrons. The van der Waals surface area contributed by atoms with Gasteiger partial charge in [-0.25, -0.2) is 4.98 Å². The minimum absolute atomic E-state index is 0.791. The maximum atomic E-state index is 4.68. The Kier molecular flexibility index (Phi) is 4.38. The van der Waals surface area contributed by atoms with E-state index >= 15 is 0 Å². The van der Waals surface area contributed by atoms with Crippen LogP contribution in [-0.4, -0.2) is 9.97 Å². The van der Waals surface area contributed by atoms with Crippen molar-refractivity contribution in [1.29, 1.82) is 0 Å². The zero-order valence-electron chi connectivity index (χ0n) is 11.9. The van der Waals surface area contributed by atoms with Crippen molar-refractivity contribution >= 4 is 11.3 Å². The van der Waals surface area contributed by atoms with Crippen molar-refractivity contribution in [2.24, 2.45) is 0 Å². The van der Waals surface area contributed by atoms with Crippen LogP contribution in [0.25, 0.3) is 11.3 Å². The lowest BCUT2D eigenvalue weighted by molar-refractivity contribution is 0.687. The highest BCUT2D eigenvalue weighted by molar-refractivity contribution is 7.09. The van der Waals surface area contributed by atoms with Crippen LogP contribution in [0.3, 0.4) is 0 Å². The molecule has 3 nitrogen and oxygen atoms in total. The van der Waals surface area contributed by atoms with Gasteiger partial charge in [0.1, 0.15) is 5.01 Å². The molecule has 0 spiro atoms. The summed E-state index contributed by atoms with van der Waals surface area (Å²) in [5.41, 5.74) is 4.72. The van der Waals surface area contributed by atoms with Gasteiger partial charge in [0.2, 0.25) is 0 Å². The van der Waals surface area contributed by atoms with Crippen LogP contribution in [0.1, 0.15) is 16.1 Å². The molecule has 1 N–H and O–H groups in total. The average molecular weight is 295 g/mol. The Morgan fingerprint density at radius 2 is 1.95 bits per heavy atom. The molecular weight excluding hydrogens is 278 g/mol. The lowest BCUT2D eigenvalue weighted by atomic mass is 10.1. The molecule has 21 heavy (non-hydrogen) atoms. The fourth-order valence-electron chi connectivity index (χ4n) is 2.14. The maximum absolute atomic E-state index is 4.68. The number of hydrogen-bond acceptors (Lipinski definition) is 4. The van der Waals surface area contributed by atoms with Crippen LogP contribution in [0, 0.1) is 6.92 Å². The van der Waals surface area contributed by atoms with Gasteiger partial charge < -0.3 is 5.32 Å². The molecule has 0 amide bonds. The summed E-state index contributed by atoms with van der Waals surface area (Å²) in [6, 6.07) is 12.3. The summed E-state index contributed by atoms with van der Waals surface area (Å²) in [5.74, 6) is 0. The molecule has 0 atom stereocenters. The fraction of sp³-hybridized carbons (Fsp3) is 0.176. The van der Waals surface area contributed by atoms with Crippen molar-refractivity contribution in [2.45, 2.75) is 20.0 Å². The largest absolute Gasteiger partial charge is 0.306 e. The molecule has 0 saturated heterocycles. The Bertz CT molecular complexity index is 707. The van der Waals surface area contributed by atoms with Crippen LogP contribution in [0.15, 0.2) is 54.2 Å². The van der Waals surface area contributed by atoms with Crippen molar-refractivity contribution in [3.63, 3.8) is 0 Å². The molecule has 3 rings (SSSR count). The highest BCUT2D eigenvalue weighted by Gasteiger charge is 2.04. The number of rotatable bonds is 5. The standard InChI is InChI=1S/C17H17N3S/c1-13-9-18-8-7-15(13)10-19-11-17-20-16(12-21-17)14-5-3-2-4-6-14/h2-9,12,19H,10-11H2,1H3. The molecule has 0 unspecified atom stereocenters. The number of nitrogens with one attached hydrogen (secondary N) is 1. The van der Waals surface area contributed by atoms with Crippen LogP contribution in [0.5, 0.6) is 0 Å². The van der Waals surface area contributed by atoms with Crippen molar-refractivity contribution < 1.29 is 0 Å². The Hall–Kier alpha value is -2.04. The molecule has 0 aliphatic heterocycles. The topological polar surface area (TPSA) is 37.8 Å². The zero-order valence-corrected chi connectivity index (χ0v) is 12.7. The lowest BCUT2D eigenvalue weighted by Gasteiger charge is -2.05. The molecule has 0 saturated carbocycles. The summed E-state index contributed by atoms with van der Waals surface area (Å²) >= 11 is 1.70. The number of nitrogens with zero attached hydrogens (tertiary/aromatic N) is 2. The third-order valence-corrected chi connectivity index (χ3v) is 4.20. The van der Waals surface area contributed by atoms with E-state index in [9.17, 15) is 0 Å². The first-order valence-electron chi connectivity index (χ1n) is 6.93. The Morgan fingerprint density at radius 1 is 1.10 bits per heavy atom. The summed E-state index contributed by atoms with van der Waals surface area (Å²) in [6.07, 6.45) is 3.73. The van der Waals surface area contributed by atoms with Gasteiger partial charge in [-0.1, -0.05) is 30.3 Å². The number of aryl methyl sites for hydroxylation is 1. The van der Waals surface area contributed by atoms with Gasteiger partial charge in [-0.05, 0) is 24.1 Å². The van der Waals surface area contributed by atoms with Crippen LogP contribution >= 0.6 is 11.3 Å². The van der Waals surface area contributed by atoms with Gasteiger partial charge in [0.15, 0.2) is 0 Å². The van der Waals surface area contributed by atoms with Crippen LogP contribution in [0.2, 0.25) is 0 Å². The SMILES string of the molecule is Cc1cnccc1CNCc1nc(-c2ccccc2)cs1. The lowest BCUT2D eigenvalue weighted by Crippen LogP contribution is -2.13. The summed E-state index contributed by atoms with van der Waals surface area (Å²) in [4.78, 5) is 8.79. The van der Waals surface area contributed by atoms with Crippen LogP contribution in [-0.2, 0) is 13.1 Å². The molecule has 0 fully saturated rings. The number of pyridine rings is 1. The molecule has 2 heterocycles. The average Bonchev–Trinajstić information content (AvgIpc) is 2.99. The summed E-state index contributed by atoms with van der Waals surface area (Å²) in [6.45, 7) is 3.72. The molecule has 4 heteroatoms. The summed E-state index contributed by atoms with van der Waals surface area (Å²) in [5, 5.41) is 6.67. The van der Waals surface area contributed by atoms with E-state index in [1.54, 1.807) is 11.3 Å². The van der Waals surface area contributed by atoms with E-state index in [1.165, 1.54) is 16.7 Å². The van der Waals surface area contributed by atoms with Crippen LogP contribution < -0.4 is 5.32 Å². The predicted molar refractivity (Wildman–Crippen MR) is 87.1 cm³/mol. The number of hydrogen-bond donors (Lipinski definition) is 1. The number of thiazole rings is 1. The summed E-state index contributed by atoms with van der Waals surface area (Å²) in [7, 11) is 0. The van der Waals surface area contributed by atoms with Gasteiger partial charge in [-0.15, -0.1) is 11.3 Å². The van der Waals surface area contributed by atoms with Crippen molar-refractivity contribution in [1.82, 2.24) is 15.3 Å². The highest BCUT2D eigenvalue weighted by atomic mass is 32.1. The smallest absolute Gasteiger partial charge is 0.107 e. The first kappa shape index (κ1) is 13.9. The molecular formula is C17H17N3S. The first-order chi connectivity index (χ1) is 10.3. The predicted octanol–water partition coefficient (Wildman–Crippen LogP) is 3.80. The normalized spacial score (nSPS) is 10.7. The van der Waals surface area contributed by atoms with E-state index in [4.69, 9.17) is 0 Å². The third kappa shape index (κ3) is 3.54. The van der Waals surface area contributed by atoms with Crippen molar-refractivity contribution in [3.05, 3.63) is 70.3 Å².